The fraction of sp³-hybridized carbons (Fsp3) is 0.455. The van der Waals surface area contributed by atoms with Crippen LogP contribution in [0, 0.1) is 17.6 Å². The summed E-state index contributed by atoms with van der Waals surface area (Å²) < 4.78 is 48.3. The molecule has 0 unspecified atom stereocenters. The molecule has 2 fully saturated rings. The number of amides is 1. The van der Waals surface area contributed by atoms with Crippen molar-refractivity contribution in [1.82, 2.24) is 24.5 Å². The average molecular weight is 636 g/mol. The van der Waals surface area contributed by atoms with Crippen LogP contribution in [0.15, 0.2) is 48.9 Å². The summed E-state index contributed by atoms with van der Waals surface area (Å²) in [5, 5.41) is 7.91. The number of halogens is 2. The van der Waals surface area contributed by atoms with Crippen molar-refractivity contribution in [2.24, 2.45) is 11.7 Å². The molecule has 3 N–H and O–H groups in total. The molecular weight excluding hydrogens is 596 g/mol. The van der Waals surface area contributed by atoms with E-state index in [1.165, 1.54) is 23.8 Å². The van der Waals surface area contributed by atoms with Gasteiger partial charge in [-0.2, -0.15) is 9.61 Å². The van der Waals surface area contributed by atoms with E-state index >= 15 is 8.78 Å². The first kappa shape index (κ1) is 31.8. The van der Waals surface area contributed by atoms with Crippen LogP contribution in [0.2, 0.25) is 0 Å². The van der Waals surface area contributed by atoms with Gasteiger partial charge in [-0.15, -0.1) is 0 Å². The number of fused-ring (bicyclic) bond motifs is 1. The van der Waals surface area contributed by atoms with Gasteiger partial charge in [0, 0.05) is 32.5 Å². The number of hydrogen-bond donors (Lipinski definition) is 2. The minimum atomic E-state index is -0.722. The Morgan fingerprint density at radius 2 is 1.91 bits per heavy atom. The van der Waals surface area contributed by atoms with Crippen LogP contribution in [0.4, 0.5) is 25.2 Å². The lowest BCUT2D eigenvalue weighted by Gasteiger charge is -2.43. The number of ether oxygens (including phenoxy) is 3. The molecule has 1 saturated heterocycles. The highest BCUT2D eigenvalue weighted by Gasteiger charge is 2.39. The first-order valence-corrected chi connectivity index (χ1v) is 15.5. The molecule has 3 aromatic heterocycles. The minimum absolute atomic E-state index is 0.0135. The summed E-state index contributed by atoms with van der Waals surface area (Å²) in [6.45, 7) is 3.44. The quantitative estimate of drug-likeness (QED) is 0.261. The Morgan fingerprint density at radius 3 is 2.63 bits per heavy atom. The zero-order valence-corrected chi connectivity index (χ0v) is 26.2. The Balaban J connectivity index is 1.22. The molecule has 6 rings (SSSR count). The fourth-order valence-corrected chi connectivity index (χ4v) is 6.86. The van der Waals surface area contributed by atoms with E-state index in [0.29, 0.717) is 36.7 Å². The number of aromatic nitrogens is 4. The number of nitrogens with two attached hydrogens (primary N) is 1. The summed E-state index contributed by atoms with van der Waals surface area (Å²) in [6, 6.07) is 7.40. The first-order chi connectivity index (χ1) is 22.2. The normalized spacial score (nSPS) is 22.1. The van der Waals surface area contributed by atoms with Gasteiger partial charge in [-0.1, -0.05) is 6.92 Å². The molecule has 0 spiro atoms. The zero-order valence-electron chi connectivity index (χ0n) is 26.2. The van der Waals surface area contributed by atoms with Crippen LogP contribution in [0.3, 0.4) is 0 Å². The van der Waals surface area contributed by atoms with Gasteiger partial charge in [0.15, 0.2) is 0 Å². The third-order valence-corrected chi connectivity index (χ3v) is 9.08. The Bertz CT molecular complexity index is 1660. The summed E-state index contributed by atoms with van der Waals surface area (Å²) >= 11 is 0. The predicted molar refractivity (Wildman–Crippen MR) is 168 cm³/mol. The zero-order chi connectivity index (χ0) is 32.4. The number of pyridine rings is 1. The summed E-state index contributed by atoms with van der Waals surface area (Å²) in [7, 11) is 3.08. The van der Waals surface area contributed by atoms with Crippen LogP contribution in [0.5, 0.6) is 0 Å². The van der Waals surface area contributed by atoms with Crippen LogP contribution in [-0.4, -0.2) is 76.1 Å². The molecular formula is C33H39F2N7O4. The van der Waals surface area contributed by atoms with Gasteiger partial charge in [0.2, 0.25) is 5.95 Å². The molecule has 4 heterocycles. The van der Waals surface area contributed by atoms with E-state index in [1.54, 1.807) is 42.7 Å². The molecule has 11 nitrogen and oxygen atoms in total. The van der Waals surface area contributed by atoms with Crippen molar-refractivity contribution in [1.29, 1.82) is 0 Å². The van der Waals surface area contributed by atoms with Gasteiger partial charge < -0.3 is 30.2 Å². The Morgan fingerprint density at radius 1 is 1.15 bits per heavy atom. The van der Waals surface area contributed by atoms with E-state index in [2.05, 4.69) is 27.3 Å². The molecule has 1 aromatic carbocycles. The lowest BCUT2D eigenvalue weighted by atomic mass is 9.73. The number of methoxy groups -OCH3 is 1. The van der Waals surface area contributed by atoms with Crippen molar-refractivity contribution in [3.8, 4) is 11.3 Å². The molecule has 2 aliphatic rings. The Hall–Kier alpha value is -4.20. The minimum Gasteiger partial charge on any atom is -0.453 e. The number of nitrogens with one attached hydrogen (secondary N) is 1. The topological polar surface area (TPSA) is 129 Å². The monoisotopic (exact) mass is 635 g/mol. The van der Waals surface area contributed by atoms with E-state index in [1.807, 2.05) is 6.07 Å². The second-order valence-corrected chi connectivity index (χ2v) is 12.2. The largest absolute Gasteiger partial charge is 0.453 e. The summed E-state index contributed by atoms with van der Waals surface area (Å²) in [5.41, 5.74) is 9.30. The second kappa shape index (κ2) is 13.7. The van der Waals surface area contributed by atoms with E-state index in [9.17, 15) is 4.79 Å². The number of likely N-dealkylation sites (N-methyl/N-ethyl adjacent to an activating group) is 1. The summed E-state index contributed by atoms with van der Waals surface area (Å²) in [5.74, 6) is -0.879. The summed E-state index contributed by atoms with van der Waals surface area (Å²) in [6.07, 6.45) is 7.63. The number of benzene rings is 1. The molecule has 1 aliphatic carbocycles. The lowest BCUT2D eigenvalue weighted by Crippen LogP contribution is -2.55. The number of hydrogen-bond acceptors (Lipinski definition) is 9. The highest BCUT2D eigenvalue weighted by Crippen LogP contribution is 2.40. The van der Waals surface area contributed by atoms with Gasteiger partial charge in [-0.3, -0.25) is 4.98 Å². The smallest absolute Gasteiger partial charge is 0.409 e. The van der Waals surface area contributed by atoms with Gasteiger partial charge in [0.05, 0.1) is 60.7 Å². The highest BCUT2D eigenvalue weighted by molar-refractivity contribution is 5.68. The number of carbonyl (C=O) groups excluding carboxylic acids is 1. The molecule has 4 atom stereocenters. The molecule has 1 amide bonds. The van der Waals surface area contributed by atoms with Crippen molar-refractivity contribution < 1.29 is 27.8 Å². The molecule has 1 aliphatic heterocycles. The average Bonchev–Trinajstić information content (AvgIpc) is 3.45. The molecule has 244 valence electrons. The van der Waals surface area contributed by atoms with Crippen LogP contribution in [-0.2, 0) is 20.8 Å². The van der Waals surface area contributed by atoms with Gasteiger partial charge in [-0.25, -0.2) is 18.6 Å². The SMILES string of the molecule is COC(=O)N(C)[C@@H]1[C@H](N)C[C@H](c2ccncc2Nc2ncc3ccc(-c4c(F)cc(COC5CCOCC5)cc4F)nn23)C[C@@H]1C. The Labute approximate surface area is 266 Å². The van der Waals surface area contributed by atoms with Gasteiger partial charge >= 0.3 is 6.09 Å². The number of nitrogens with zero attached hydrogens (tertiary/aromatic N) is 5. The predicted octanol–water partition coefficient (Wildman–Crippen LogP) is 5.42. The molecule has 0 bridgehead atoms. The van der Waals surface area contributed by atoms with Crippen molar-refractivity contribution in [2.75, 3.05) is 32.7 Å². The number of anilines is 2. The molecule has 1 saturated carbocycles. The van der Waals surface area contributed by atoms with Gasteiger partial charge in [-0.05, 0) is 79.0 Å². The molecule has 0 radical (unpaired) electrons. The standard InChI is InChI=1S/C33H39F2N7O4/c1-19-12-21(15-27(36)31(19)41(2)33(43)44-3)24-6-9-37-17-29(24)39-32-38-16-22-4-5-28(40-42(22)32)30-25(34)13-20(14-26(30)35)18-46-23-7-10-45-11-8-23/h4-6,9,13-14,16-17,19,21,23,27,31H,7-8,10-12,15,18,36H2,1-3H3,(H,38,39)/t19-,21+,27+,31-/m0/s1. The van der Waals surface area contributed by atoms with Crippen LogP contribution in [0.25, 0.3) is 16.8 Å². The van der Waals surface area contributed by atoms with Gasteiger partial charge in [0.25, 0.3) is 0 Å². The van der Waals surface area contributed by atoms with Crippen molar-refractivity contribution in [2.45, 2.75) is 63.3 Å². The highest BCUT2D eigenvalue weighted by atomic mass is 19.1. The van der Waals surface area contributed by atoms with E-state index < -0.39 is 17.7 Å². The van der Waals surface area contributed by atoms with Crippen molar-refractivity contribution >= 4 is 23.2 Å². The molecule has 46 heavy (non-hydrogen) atoms. The first-order valence-electron chi connectivity index (χ1n) is 15.5. The van der Waals surface area contributed by atoms with E-state index in [-0.39, 0.29) is 47.9 Å². The maximum atomic E-state index is 15.4. The molecule has 4 aromatic rings. The molecule has 13 heteroatoms. The third kappa shape index (κ3) is 6.53. The lowest BCUT2D eigenvalue weighted by molar-refractivity contribution is -0.0391. The van der Waals surface area contributed by atoms with Gasteiger partial charge in [0.1, 0.15) is 11.6 Å². The third-order valence-electron chi connectivity index (χ3n) is 9.08. The number of rotatable bonds is 8. The van der Waals surface area contributed by atoms with Crippen molar-refractivity contribution in [3.05, 3.63) is 71.7 Å². The van der Waals surface area contributed by atoms with Crippen molar-refractivity contribution in [3.63, 3.8) is 0 Å². The summed E-state index contributed by atoms with van der Waals surface area (Å²) in [4.78, 5) is 22.6. The Kier molecular flexibility index (Phi) is 9.43. The van der Waals surface area contributed by atoms with Crippen LogP contribution in [0.1, 0.15) is 49.7 Å². The van der Waals surface area contributed by atoms with Crippen LogP contribution >= 0.6 is 0 Å². The number of carbonyl (C=O) groups is 1. The van der Waals surface area contributed by atoms with E-state index in [4.69, 9.17) is 19.9 Å². The number of imidazole rings is 1. The maximum absolute atomic E-state index is 15.4. The fourth-order valence-electron chi connectivity index (χ4n) is 6.86. The second-order valence-electron chi connectivity index (χ2n) is 12.2. The van der Waals surface area contributed by atoms with Crippen LogP contribution < -0.4 is 11.1 Å². The van der Waals surface area contributed by atoms with E-state index in [0.717, 1.165) is 30.5 Å². The maximum Gasteiger partial charge on any atom is 0.409 e.